The van der Waals surface area contributed by atoms with Crippen molar-refractivity contribution in [2.24, 2.45) is 0 Å². The van der Waals surface area contributed by atoms with Gasteiger partial charge >= 0.3 is 0 Å². The van der Waals surface area contributed by atoms with Crippen molar-refractivity contribution in [1.29, 1.82) is 0 Å². The molecule has 0 saturated heterocycles. The molecular weight excluding hydrogens is 470 g/mol. The van der Waals surface area contributed by atoms with Crippen LogP contribution in [0.1, 0.15) is 13.8 Å². The van der Waals surface area contributed by atoms with Crippen LogP contribution in [-0.2, 0) is 9.47 Å². The Hall–Kier alpha value is -2.71. The zero-order valence-corrected chi connectivity index (χ0v) is 21.1. The summed E-state index contributed by atoms with van der Waals surface area (Å²) in [5.41, 5.74) is 2.27. The average molecular weight is 498 g/mol. The van der Waals surface area contributed by atoms with Crippen LogP contribution in [0.2, 0.25) is 5.02 Å². The SMILES string of the molecule is CCN(CC)CCOC1=CC=C(n2cnc3cc(-c4ccc(Cl)cc4)sc3c2=O)C=CC1OC. The summed E-state index contributed by atoms with van der Waals surface area (Å²) in [5, 5.41) is 0.677. The van der Waals surface area contributed by atoms with Crippen LogP contribution in [0, 0.1) is 0 Å². The number of methoxy groups -OCH3 is 1. The number of nitrogens with zero attached hydrogens (tertiary/aromatic N) is 3. The molecule has 1 atom stereocenters. The zero-order valence-electron chi connectivity index (χ0n) is 19.5. The molecule has 6 nitrogen and oxygen atoms in total. The maximum absolute atomic E-state index is 13.3. The topological polar surface area (TPSA) is 56.6 Å². The fourth-order valence-electron chi connectivity index (χ4n) is 3.77. The van der Waals surface area contributed by atoms with E-state index in [0.29, 0.717) is 33.3 Å². The van der Waals surface area contributed by atoms with Gasteiger partial charge in [-0.15, -0.1) is 11.3 Å². The van der Waals surface area contributed by atoms with Crippen molar-refractivity contribution in [3.63, 3.8) is 0 Å². The van der Waals surface area contributed by atoms with Crippen molar-refractivity contribution in [1.82, 2.24) is 14.5 Å². The highest BCUT2D eigenvalue weighted by atomic mass is 35.5. The van der Waals surface area contributed by atoms with Crippen LogP contribution in [-0.4, -0.2) is 53.9 Å². The molecule has 34 heavy (non-hydrogen) atoms. The van der Waals surface area contributed by atoms with Crippen molar-refractivity contribution >= 4 is 38.9 Å². The van der Waals surface area contributed by atoms with E-state index in [2.05, 4.69) is 23.7 Å². The van der Waals surface area contributed by atoms with Gasteiger partial charge in [-0.1, -0.05) is 37.6 Å². The normalized spacial score (nSPS) is 16.0. The molecule has 1 aliphatic rings. The molecule has 0 spiro atoms. The van der Waals surface area contributed by atoms with Crippen molar-refractivity contribution in [3.05, 3.63) is 82.1 Å². The van der Waals surface area contributed by atoms with Gasteiger partial charge in [0, 0.05) is 23.6 Å². The molecule has 2 heterocycles. The lowest BCUT2D eigenvalue weighted by Crippen LogP contribution is -2.27. The third-order valence-corrected chi connectivity index (χ3v) is 7.22. The number of thiophene rings is 1. The van der Waals surface area contributed by atoms with Gasteiger partial charge in [0.05, 0.1) is 11.2 Å². The molecule has 1 unspecified atom stereocenters. The molecule has 1 aliphatic carbocycles. The van der Waals surface area contributed by atoms with Crippen molar-refractivity contribution in [2.75, 3.05) is 33.4 Å². The second-order valence-electron chi connectivity index (χ2n) is 7.80. The number of aromatic nitrogens is 2. The van der Waals surface area contributed by atoms with E-state index in [0.717, 1.165) is 30.1 Å². The monoisotopic (exact) mass is 497 g/mol. The van der Waals surface area contributed by atoms with E-state index in [1.54, 1.807) is 18.0 Å². The van der Waals surface area contributed by atoms with Gasteiger partial charge in [-0.25, -0.2) is 4.98 Å². The molecule has 1 aromatic carbocycles. The molecule has 8 heteroatoms. The first-order valence-corrected chi connectivity index (χ1v) is 12.5. The van der Waals surface area contributed by atoms with Crippen LogP contribution in [0.15, 0.2) is 71.5 Å². The molecule has 0 fully saturated rings. The highest BCUT2D eigenvalue weighted by molar-refractivity contribution is 7.22. The van der Waals surface area contributed by atoms with Gasteiger partial charge in [0.1, 0.15) is 29.5 Å². The van der Waals surface area contributed by atoms with Crippen molar-refractivity contribution < 1.29 is 9.47 Å². The Bertz CT molecular complexity index is 1290. The summed E-state index contributed by atoms with van der Waals surface area (Å²) in [7, 11) is 1.64. The predicted octanol–water partition coefficient (Wildman–Crippen LogP) is 5.45. The van der Waals surface area contributed by atoms with E-state index >= 15 is 0 Å². The lowest BCUT2D eigenvalue weighted by molar-refractivity contribution is 0.0806. The van der Waals surface area contributed by atoms with E-state index in [1.165, 1.54) is 11.3 Å². The van der Waals surface area contributed by atoms with Crippen LogP contribution in [0.4, 0.5) is 0 Å². The fraction of sp³-hybridized carbons (Fsp3) is 0.308. The van der Waals surface area contributed by atoms with Gasteiger partial charge in [0.25, 0.3) is 5.56 Å². The highest BCUT2D eigenvalue weighted by Crippen LogP contribution is 2.31. The average Bonchev–Trinajstić information content (AvgIpc) is 3.19. The van der Waals surface area contributed by atoms with Gasteiger partial charge < -0.3 is 14.4 Å². The smallest absolute Gasteiger partial charge is 0.275 e. The molecule has 2 aromatic heterocycles. The third-order valence-electron chi connectivity index (χ3n) is 5.81. The molecule has 4 rings (SSSR count). The largest absolute Gasteiger partial charge is 0.493 e. The summed E-state index contributed by atoms with van der Waals surface area (Å²) in [4.78, 5) is 21.2. The Morgan fingerprint density at radius 2 is 1.94 bits per heavy atom. The van der Waals surface area contributed by atoms with Crippen molar-refractivity contribution in [3.8, 4) is 10.4 Å². The number of likely N-dealkylation sites (N-methyl/N-ethyl adjacent to an activating group) is 1. The first kappa shape index (κ1) is 24.4. The minimum atomic E-state index is -0.323. The summed E-state index contributed by atoms with van der Waals surface area (Å²) >= 11 is 7.44. The molecule has 0 N–H and O–H groups in total. The van der Waals surface area contributed by atoms with Gasteiger partial charge in [0.15, 0.2) is 0 Å². The van der Waals surface area contributed by atoms with E-state index in [9.17, 15) is 4.79 Å². The Kier molecular flexibility index (Phi) is 8.00. The fourth-order valence-corrected chi connectivity index (χ4v) is 4.94. The molecule has 0 aliphatic heterocycles. The molecular formula is C26H28ClN3O3S. The number of hydrogen-bond acceptors (Lipinski definition) is 6. The van der Waals surface area contributed by atoms with E-state index < -0.39 is 0 Å². The Morgan fingerprint density at radius 1 is 1.18 bits per heavy atom. The second kappa shape index (κ2) is 11.1. The molecule has 0 radical (unpaired) electrons. The molecule has 0 saturated carbocycles. The number of benzene rings is 1. The van der Waals surface area contributed by atoms with Gasteiger partial charge in [-0.05, 0) is 61.2 Å². The number of allylic oxidation sites excluding steroid dienone is 4. The lowest BCUT2D eigenvalue weighted by atomic mass is 10.2. The third kappa shape index (κ3) is 5.33. The second-order valence-corrected chi connectivity index (χ2v) is 9.29. The summed E-state index contributed by atoms with van der Waals surface area (Å²) in [5.74, 6) is 0.712. The van der Waals surface area contributed by atoms with Crippen LogP contribution >= 0.6 is 22.9 Å². The van der Waals surface area contributed by atoms with Gasteiger partial charge in [0.2, 0.25) is 0 Å². The number of halogens is 1. The molecule has 178 valence electrons. The Labute approximate surface area is 208 Å². The van der Waals surface area contributed by atoms with E-state index in [-0.39, 0.29) is 11.7 Å². The van der Waals surface area contributed by atoms with Gasteiger partial charge in [-0.3, -0.25) is 9.36 Å². The summed E-state index contributed by atoms with van der Waals surface area (Å²) < 4.78 is 13.8. The number of ether oxygens (including phenoxy) is 2. The Morgan fingerprint density at radius 3 is 2.65 bits per heavy atom. The molecule has 0 bridgehead atoms. The van der Waals surface area contributed by atoms with Crippen LogP contribution in [0.25, 0.3) is 26.4 Å². The first-order valence-electron chi connectivity index (χ1n) is 11.3. The Balaban J connectivity index is 1.61. The number of hydrogen-bond donors (Lipinski definition) is 0. The number of fused-ring (bicyclic) bond motifs is 1. The quantitative estimate of drug-likeness (QED) is 0.393. The maximum Gasteiger partial charge on any atom is 0.275 e. The predicted molar refractivity (Wildman–Crippen MR) is 140 cm³/mol. The zero-order chi connectivity index (χ0) is 24.1. The summed E-state index contributed by atoms with van der Waals surface area (Å²) in [6.45, 7) is 7.66. The number of rotatable bonds is 9. The molecule has 0 amide bonds. The molecule has 3 aromatic rings. The summed E-state index contributed by atoms with van der Waals surface area (Å²) in [6.07, 6.45) is 8.75. The highest BCUT2D eigenvalue weighted by Gasteiger charge is 2.17. The van der Waals surface area contributed by atoms with E-state index in [4.69, 9.17) is 21.1 Å². The van der Waals surface area contributed by atoms with Crippen LogP contribution < -0.4 is 5.56 Å². The first-order chi connectivity index (χ1) is 16.5. The lowest BCUT2D eigenvalue weighted by Gasteiger charge is -2.20. The minimum absolute atomic E-state index is 0.112. The standard InChI is InChI=1S/C26H28ClN3O3S/c1-4-29(5-2)14-15-33-23-13-11-20(10-12-22(23)32-3)30-17-28-21-16-24(34-25(21)26(30)31)18-6-8-19(27)9-7-18/h6-13,16-17,22H,4-5,14-15H2,1-3H3. The maximum atomic E-state index is 13.3. The van der Waals surface area contributed by atoms with Gasteiger partial charge in [-0.2, -0.15) is 0 Å². The van der Waals surface area contributed by atoms with Crippen LogP contribution in [0.3, 0.4) is 0 Å². The van der Waals surface area contributed by atoms with Crippen molar-refractivity contribution in [2.45, 2.75) is 20.0 Å². The summed E-state index contributed by atoms with van der Waals surface area (Å²) in [6, 6.07) is 9.51. The van der Waals surface area contributed by atoms with Crippen LogP contribution in [0.5, 0.6) is 0 Å². The minimum Gasteiger partial charge on any atom is -0.493 e. The van der Waals surface area contributed by atoms with E-state index in [1.807, 2.05) is 54.6 Å².